The van der Waals surface area contributed by atoms with Gasteiger partial charge in [0.05, 0.1) is 5.56 Å². The average Bonchev–Trinajstić information content (AvgIpc) is 2.61. The summed E-state index contributed by atoms with van der Waals surface area (Å²) in [6.45, 7) is 0. The molecule has 1 aromatic carbocycles. The summed E-state index contributed by atoms with van der Waals surface area (Å²) < 4.78 is 37.7. The molecular formula is C21H25F3O. The lowest BCUT2D eigenvalue weighted by atomic mass is 9.73. The minimum atomic E-state index is -4.26. The van der Waals surface area contributed by atoms with Crippen LogP contribution in [0.25, 0.3) is 0 Å². The van der Waals surface area contributed by atoms with Crippen molar-refractivity contribution in [3.05, 3.63) is 47.0 Å². The zero-order chi connectivity index (χ0) is 17.9. The van der Waals surface area contributed by atoms with E-state index in [1.54, 1.807) is 12.1 Å². The van der Waals surface area contributed by atoms with Crippen LogP contribution in [0.2, 0.25) is 0 Å². The van der Waals surface area contributed by atoms with Crippen molar-refractivity contribution in [1.29, 1.82) is 0 Å². The van der Waals surface area contributed by atoms with Crippen LogP contribution in [0.15, 0.2) is 35.9 Å². The second-order valence-corrected chi connectivity index (χ2v) is 7.47. The van der Waals surface area contributed by atoms with Gasteiger partial charge >= 0.3 is 6.18 Å². The molecule has 0 saturated heterocycles. The van der Waals surface area contributed by atoms with Gasteiger partial charge in [-0.25, -0.2) is 0 Å². The third kappa shape index (κ3) is 4.96. The highest BCUT2D eigenvalue weighted by Gasteiger charge is 2.30. The highest BCUT2D eigenvalue weighted by Crippen LogP contribution is 2.37. The standard InChI is InChI=1S/C21H25F3O/c22-21(23,24)19-11-5-16(6-12-19)2-1-15-3-7-17(8-4-15)18-9-13-20(25)14-10-18/h3,5-6,11-12,17-18H,1-2,4,7-10,13-14H2. The molecule has 1 aromatic rings. The molecular weight excluding hydrogens is 325 g/mol. The molecule has 2 aliphatic rings. The van der Waals surface area contributed by atoms with Crippen molar-refractivity contribution in [2.45, 2.75) is 64.0 Å². The lowest BCUT2D eigenvalue weighted by Crippen LogP contribution is -2.23. The second-order valence-electron chi connectivity index (χ2n) is 7.47. The monoisotopic (exact) mass is 350 g/mol. The number of rotatable bonds is 4. The van der Waals surface area contributed by atoms with Gasteiger partial charge in [0.15, 0.2) is 0 Å². The maximum atomic E-state index is 12.6. The Bertz CT molecular complexity index is 618. The third-order valence-electron chi connectivity index (χ3n) is 5.82. The summed E-state index contributed by atoms with van der Waals surface area (Å²) in [5, 5.41) is 0. The summed E-state index contributed by atoms with van der Waals surface area (Å²) in [4.78, 5) is 11.4. The maximum Gasteiger partial charge on any atom is 0.416 e. The van der Waals surface area contributed by atoms with Gasteiger partial charge in [-0.1, -0.05) is 23.8 Å². The number of allylic oxidation sites excluding steroid dienone is 2. The summed E-state index contributed by atoms with van der Waals surface area (Å²) in [5.74, 6) is 1.83. The van der Waals surface area contributed by atoms with E-state index < -0.39 is 11.7 Å². The van der Waals surface area contributed by atoms with Gasteiger partial charge in [0, 0.05) is 12.8 Å². The van der Waals surface area contributed by atoms with E-state index in [1.807, 2.05) is 0 Å². The molecule has 0 aromatic heterocycles. The fraction of sp³-hybridized carbons (Fsp3) is 0.571. The van der Waals surface area contributed by atoms with E-state index in [2.05, 4.69) is 6.08 Å². The summed E-state index contributed by atoms with van der Waals surface area (Å²) in [5.41, 5.74) is 1.81. The van der Waals surface area contributed by atoms with Crippen LogP contribution in [0.1, 0.15) is 62.5 Å². The Labute approximate surface area is 147 Å². The molecule has 3 rings (SSSR count). The van der Waals surface area contributed by atoms with Gasteiger partial charge in [-0.05, 0) is 74.5 Å². The number of ketones is 1. The molecule has 4 heteroatoms. The van der Waals surface area contributed by atoms with E-state index in [-0.39, 0.29) is 0 Å². The van der Waals surface area contributed by atoms with Crippen LogP contribution in [0.3, 0.4) is 0 Å². The third-order valence-corrected chi connectivity index (χ3v) is 5.82. The van der Waals surface area contributed by atoms with Crippen LogP contribution in [0.5, 0.6) is 0 Å². The van der Waals surface area contributed by atoms with E-state index in [0.717, 1.165) is 56.9 Å². The number of Topliss-reactive ketones (excluding diaryl/α,β-unsaturated/α-hetero) is 1. The number of hydrogen-bond donors (Lipinski definition) is 0. The predicted molar refractivity (Wildman–Crippen MR) is 92.2 cm³/mol. The first-order chi connectivity index (χ1) is 11.9. The van der Waals surface area contributed by atoms with E-state index in [1.165, 1.54) is 24.1 Å². The fourth-order valence-corrected chi connectivity index (χ4v) is 4.16. The predicted octanol–water partition coefficient (Wildman–Crippen LogP) is 6.12. The van der Waals surface area contributed by atoms with Gasteiger partial charge in [-0.2, -0.15) is 13.2 Å². The highest BCUT2D eigenvalue weighted by molar-refractivity contribution is 5.79. The molecule has 0 heterocycles. The number of carbonyl (C=O) groups excluding carboxylic acids is 1. The number of halogens is 3. The molecule has 0 amide bonds. The summed E-state index contributed by atoms with van der Waals surface area (Å²) in [6.07, 6.45) is 6.81. The van der Waals surface area contributed by atoms with Crippen molar-refractivity contribution in [2.24, 2.45) is 11.8 Å². The maximum absolute atomic E-state index is 12.6. The summed E-state index contributed by atoms with van der Waals surface area (Å²) in [6, 6.07) is 5.53. The fourth-order valence-electron chi connectivity index (χ4n) is 4.16. The molecule has 136 valence electrons. The van der Waals surface area contributed by atoms with E-state index in [4.69, 9.17) is 0 Å². The Morgan fingerprint density at radius 2 is 1.52 bits per heavy atom. The van der Waals surface area contributed by atoms with Crippen LogP contribution >= 0.6 is 0 Å². The van der Waals surface area contributed by atoms with Crippen LogP contribution in [0.4, 0.5) is 13.2 Å². The zero-order valence-corrected chi connectivity index (χ0v) is 14.4. The van der Waals surface area contributed by atoms with Crippen LogP contribution in [-0.2, 0) is 17.4 Å². The van der Waals surface area contributed by atoms with Crippen LogP contribution < -0.4 is 0 Å². The van der Waals surface area contributed by atoms with E-state index in [9.17, 15) is 18.0 Å². The lowest BCUT2D eigenvalue weighted by molar-refractivity contribution is -0.137. The highest BCUT2D eigenvalue weighted by atomic mass is 19.4. The van der Waals surface area contributed by atoms with Gasteiger partial charge in [0.2, 0.25) is 0 Å². The number of carbonyl (C=O) groups is 1. The Hall–Kier alpha value is -1.58. The SMILES string of the molecule is O=C1CCC(C2CC=C(CCc3ccc(C(F)(F)F)cc3)CC2)CC1. The Kier molecular flexibility index (Phi) is 5.65. The molecule has 1 nitrogen and oxygen atoms in total. The molecule has 0 bridgehead atoms. The topological polar surface area (TPSA) is 17.1 Å². The van der Waals surface area contributed by atoms with Gasteiger partial charge in [0.25, 0.3) is 0 Å². The lowest BCUT2D eigenvalue weighted by Gasteiger charge is -2.32. The zero-order valence-electron chi connectivity index (χ0n) is 14.4. The van der Waals surface area contributed by atoms with Crippen molar-refractivity contribution in [2.75, 3.05) is 0 Å². The molecule has 1 saturated carbocycles. The number of alkyl halides is 3. The molecule has 0 aliphatic heterocycles. The minimum absolute atomic E-state index is 0.417. The van der Waals surface area contributed by atoms with Gasteiger partial charge < -0.3 is 0 Å². The first kappa shape index (κ1) is 18.2. The summed E-state index contributed by atoms with van der Waals surface area (Å²) in [7, 11) is 0. The molecule has 0 radical (unpaired) electrons. The molecule has 2 aliphatic carbocycles. The van der Waals surface area contributed by atoms with Crippen molar-refractivity contribution < 1.29 is 18.0 Å². The van der Waals surface area contributed by atoms with Gasteiger partial charge in [-0.3, -0.25) is 4.79 Å². The average molecular weight is 350 g/mol. The first-order valence-electron chi connectivity index (χ1n) is 9.27. The normalized spacial score (nSPS) is 22.8. The molecule has 1 atom stereocenters. The Morgan fingerprint density at radius 3 is 2.08 bits per heavy atom. The number of aryl methyl sites for hydroxylation is 1. The van der Waals surface area contributed by atoms with E-state index >= 15 is 0 Å². The quantitative estimate of drug-likeness (QED) is 0.598. The Balaban J connectivity index is 1.47. The number of benzene rings is 1. The van der Waals surface area contributed by atoms with E-state index in [0.29, 0.717) is 17.6 Å². The molecule has 25 heavy (non-hydrogen) atoms. The van der Waals surface area contributed by atoms with Crippen molar-refractivity contribution >= 4 is 5.78 Å². The second kappa shape index (κ2) is 7.76. The Morgan fingerprint density at radius 1 is 0.880 bits per heavy atom. The van der Waals surface area contributed by atoms with Crippen molar-refractivity contribution in [3.63, 3.8) is 0 Å². The molecule has 1 fully saturated rings. The van der Waals surface area contributed by atoms with Crippen molar-refractivity contribution in [3.8, 4) is 0 Å². The van der Waals surface area contributed by atoms with Crippen LogP contribution in [0, 0.1) is 11.8 Å². The molecule has 0 N–H and O–H groups in total. The van der Waals surface area contributed by atoms with Gasteiger partial charge in [-0.15, -0.1) is 0 Å². The van der Waals surface area contributed by atoms with Crippen molar-refractivity contribution in [1.82, 2.24) is 0 Å². The minimum Gasteiger partial charge on any atom is -0.300 e. The number of hydrogen-bond acceptors (Lipinski definition) is 1. The first-order valence-corrected chi connectivity index (χ1v) is 9.27. The van der Waals surface area contributed by atoms with Gasteiger partial charge in [0.1, 0.15) is 5.78 Å². The molecule has 0 spiro atoms. The van der Waals surface area contributed by atoms with Crippen LogP contribution in [-0.4, -0.2) is 5.78 Å². The largest absolute Gasteiger partial charge is 0.416 e. The summed E-state index contributed by atoms with van der Waals surface area (Å²) >= 11 is 0. The smallest absolute Gasteiger partial charge is 0.300 e. The molecule has 1 unspecified atom stereocenters.